The van der Waals surface area contributed by atoms with E-state index < -0.39 is 0 Å². The second kappa shape index (κ2) is 6.47. The molecule has 3 nitrogen and oxygen atoms in total. The summed E-state index contributed by atoms with van der Waals surface area (Å²) in [5, 5.41) is 10.5. The lowest BCUT2D eigenvalue weighted by molar-refractivity contribution is -0.133. The number of carbonyl (C=O) groups is 1. The van der Waals surface area contributed by atoms with Crippen molar-refractivity contribution in [3.05, 3.63) is 70.7 Å². The van der Waals surface area contributed by atoms with Crippen LogP contribution in [-0.4, -0.2) is 35.6 Å². The average molecular weight is 356 g/mol. The van der Waals surface area contributed by atoms with Crippen molar-refractivity contribution in [2.75, 3.05) is 19.7 Å². The lowest BCUT2D eigenvalue weighted by Crippen LogP contribution is -2.38. The Morgan fingerprint density at radius 1 is 1.08 bits per heavy atom. The van der Waals surface area contributed by atoms with Crippen LogP contribution in [0.4, 0.5) is 0 Å². The SMILES string of the molecule is O=C(N1C[C@@H](CO)[C@H](c2ccccc2)C1)C1(c2ccc(Cl)cc2)CC1. The van der Waals surface area contributed by atoms with Crippen LogP contribution < -0.4 is 0 Å². The van der Waals surface area contributed by atoms with Crippen LogP contribution in [0.15, 0.2) is 54.6 Å². The Labute approximate surface area is 153 Å². The van der Waals surface area contributed by atoms with E-state index in [2.05, 4.69) is 12.1 Å². The molecule has 2 aliphatic rings. The third-order valence-electron chi connectivity index (χ3n) is 5.75. The van der Waals surface area contributed by atoms with E-state index in [4.69, 9.17) is 11.6 Å². The molecule has 0 bridgehead atoms. The molecular formula is C21H22ClNO2. The highest BCUT2D eigenvalue weighted by atomic mass is 35.5. The van der Waals surface area contributed by atoms with Crippen LogP contribution in [0.3, 0.4) is 0 Å². The molecule has 1 aliphatic carbocycles. The van der Waals surface area contributed by atoms with Crippen LogP contribution in [-0.2, 0) is 10.2 Å². The molecule has 2 aromatic carbocycles. The summed E-state index contributed by atoms with van der Waals surface area (Å²) in [6.07, 6.45) is 1.79. The van der Waals surface area contributed by atoms with Gasteiger partial charge in [-0.05, 0) is 36.1 Å². The molecule has 0 unspecified atom stereocenters. The minimum atomic E-state index is -0.379. The first-order valence-electron chi connectivity index (χ1n) is 8.85. The van der Waals surface area contributed by atoms with Crippen molar-refractivity contribution in [2.24, 2.45) is 5.92 Å². The van der Waals surface area contributed by atoms with Gasteiger partial charge >= 0.3 is 0 Å². The van der Waals surface area contributed by atoms with Gasteiger partial charge in [-0.15, -0.1) is 0 Å². The predicted octanol–water partition coefficient (Wildman–Crippen LogP) is 3.61. The zero-order valence-electron chi connectivity index (χ0n) is 14.1. The van der Waals surface area contributed by atoms with Crippen LogP contribution in [0.25, 0.3) is 0 Å². The molecular weight excluding hydrogens is 334 g/mol. The zero-order valence-corrected chi connectivity index (χ0v) is 14.8. The molecule has 0 radical (unpaired) electrons. The molecule has 1 saturated carbocycles. The molecule has 1 aliphatic heterocycles. The van der Waals surface area contributed by atoms with Gasteiger partial charge in [0.15, 0.2) is 0 Å². The van der Waals surface area contributed by atoms with Gasteiger partial charge in [0.2, 0.25) is 5.91 Å². The lowest BCUT2D eigenvalue weighted by Gasteiger charge is -2.24. The molecule has 2 aromatic rings. The van der Waals surface area contributed by atoms with Gasteiger partial charge < -0.3 is 10.0 Å². The van der Waals surface area contributed by atoms with E-state index >= 15 is 0 Å². The van der Waals surface area contributed by atoms with E-state index in [1.54, 1.807) is 0 Å². The summed E-state index contributed by atoms with van der Waals surface area (Å²) in [5.41, 5.74) is 1.88. The van der Waals surface area contributed by atoms with Crippen LogP contribution in [0.5, 0.6) is 0 Å². The number of carbonyl (C=O) groups excluding carboxylic acids is 1. The molecule has 4 rings (SSSR count). The van der Waals surface area contributed by atoms with Gasteiger partial charge in [0.25, 0.3) is 0 Å². The molecule has 1 amide bonds. The Hall–Kier alpha value is -1.84. The Bertz CT molecular complexity index is 755. The Morgan fingerprint density at radius 2 is 1.76 bits per heavy atom. The first kappa shape index (κ1) is 16.6. The van der Waals surface area contributed by atoms with Gasteiger partial charge in [-0.25, -0.2) is 0 Å². The van der Waals surface area contributed by atoms with E-state index in [0.29, 0.717) is 18.1 Å². The molecule has 1 saturated heterocycles. The summed E-state index contributed by atoms with van der Waals surface area (Å²) in [6.45, 7) is 1.42. The first-order valence-corrected chi connectivity index (χ1v) is 9.23. The fourth-order valence-corrected chi connectivity index (χ4v) is 4.25. The summed E-state index contributed by atoms with van der Waals surface area (Å²) in [7, 11) is 0. The molecule has 1 N–H and O–H groups in total. The summed E-state index contributed by atoms with van der Waals surface area (Å²) < 4.78 is 0. The summed E-state index contributed by atoms with van der Waals surface area (Å²) in [4.78, 5) is 15.2. The standard InChI is InChI=1S/C21H22ClNO2/c22-18-8-6-17(7-9-18)21(10-11-21)20(25)23-12-16(14-24)19(13-23)15-4-2-1-3-5-15/h1-9,16,19,24H,10-14H2/t16-,19-/m0/s1. The van der Waals surface area contributed by atoms with Crippen molar-refractivity contribution >= 4 is 17.5 Å². The summed E-state index contributed by atoms with van der Waals surface area (Å²) in [5.74, 6) is 0.509. The Kier molecular flexibility index (Phi) is 4.30. The van der Waals surface area contributed by atoms with Crippen molar-refractivity contribution in [3.63, 3.8) is 0 Å². The minimum Gasteiger partial charge on any atom is -0.396 e. The highest BCUT2D eigenvalue weighted by Gasteiger charge is 2.54. The van der Waals surface area contributed by atoms with Gasteiger partial charge in [-0.3, -0.25) is 4.79 Å². The summed E-state index contributed by atoms with van der Waals surface area (Å²) in [6, 6.07) is 17.9. The lowest BCUT2D eigenvalue weighted by atomic mass is 9.90. The quantitative estimate of drug-likeness (QED) is 0.910. The topological polar surface area (TPSA) is 40.5 Å². The second-order valence-corrected chi connectivity index (χ2v) is 7.70. The average Bonchev–Trinajstić information content (AvgIpc) is 3.34. The number of aliphatic hydroxyl groups excluding tert-OH is 1. The Morgan fingerprint density at radius 3 is 2.36 bits per heavy atom. The fourth-order valence-electron chi connectivity index (χ4n) is 4.12. The number of hydrogen-bond donors (Lipinski definition) is 1. The molecule has 25 heavy (non-hydrogen) atoms. The number of halogens is 1. The molecule has 0 spiro atoms. The number of amides is 1. The first-order chi connectivity index (χ1) is 12.1. The fraction of sp³-hybridized carbons (Fsp3) is 0.381. The highest BCUT2D eigenvalue weighted by Crippen LogP contribution is 2.51. The number of likely N-dealkylation sites (tertiary alicyclic amines) is 1. The van der Waals surface area contributed by atoms with Crippen LogP contribution >= 0.6 is 11.6 Å². The third kappa shape index (κ3) is 2.96. The zero-order chi connectivity index (χ0) is 17.4. The number of benzene rings is 2. The molecule has 1 heterocycles. The molecule has 130 valence electrons. The van der Waals surface area contributed by atoms with Crippen molar-refractivity contribution in [3.8, 4) is 0 Å². The van der Waals surface area contributed by atoms with Gasteiger partial charge in [-0.1, -0.05) is 54.1 Å². The van der Waals surface area contributed by atoms with Gasteiger partial charge in [0.1, 0.15) is 0 Å². The van der Waals surface area contributed by atoms with Crippen LogP contribution in [0.2, 0.25) is 5.02 Å². The predicted molar refractivity (Wildman–Crippen MR) is 98.7 cm³/mol. The minimum absolute atomic E-state index is 0.104. The van der Waals surface area contributed by atoms with Crippen molar-refractivity contribution in [1.82, 2.24) is 4.90 Å². The van der Waals surface area contributed by atoms with Gasteiger partial charge in [0.05, 0.1) is 5.41 Å². The van der Waals surface area contributed by atoms with Gasteiger partial charge in [-0.2, -0.15) is 0 Å². The maximum absolute atomic E-state index is 13.3. The maximum Gasteiger partial charge on any atom is 0.233 e. The van der Waals surface area contributed by atoms with E-state index in [9.17, 15) is 9.90 Å². The monoisotopic (exact) mass is 355 g/mol. The van der Waals surface area contributed by atoms with E-state index in [1.165, 1.54) is 5.56 Å². The van der Waals surface area contributed by atoms with E-state index in [1.807, 2.05) is 47.4 Å². The number of nitrogens with zero attached hydrogens (tertiary/aromatic N) is 1. The van der Waals surface area contributed by atoms with Crippen LogP contribution in [0.1, 0.15) is 29.9 Å². The van der Waals surface area contributed by atoms with Crippen molar-refractivity contribution < 1.29 is 9.90 Å². The van der Waals surface area contributed by atoms with Crippen LogP contribution in [0, 0.1) is 5.92 Å². The molecule has 0 aromatic heterocycles. The molecule has 4 heteroatoms. The molecule has 2 fully saturated rings. The number of rotatable bonds is 4. The van der Waals surface area contributed by atoms with Gasteiger partial charge in [0, 0.05) is 36.6 Å². The number of hydrogen-bond acceptors (Lipinski definition) is 2. The maximum atomic E-state index is 13.3. The Balaban J connectivity index is 1.56. The summed E-state index contributed by atoms with van der Waals surface area (Å²) >= 11 is 5.99. The smallest absolute Gasteiger partial charge is 0.233 e. The third-order valence-corrected chi connectivity index (χ3v) is 6.00. The van der Waals surface area contributed by atoms with E-state index in [-0.39, 0.29) is 29.8 Å². The molecule has 2 atom stereocenters. The van der Waals surface area contributed by atoms with Crippen molar-refractivity contribution in [2.45, 2.75) is 24.2 Å². The number of aliphatic hydroxyl groups is 1. The van der Waals surface area contributed by atoms with E-state index in [0.717, 1.165) is 18.4 Å². The second-order valence-electron chi connectivity index (χ2n) is 7.26. The largest absolute Gasteiger partial charge is 0.396 e. The highest BCUT2D eigenvalue weighted by molar-refractivity contribution is 6.30. The van der Waals surface area contributed by atoms with Crippen molar-refractivity contribution in [1.29, 1.82) is 0 Å². The normalized spacial score (nSPS) is 24.3.